The average Bonchev–Trinajstić information content (AvgIpc) is 1.35. The number of fused-ring (bicyclic) bond motifs is 42. The van der Waals surface area contributed by atoms with Gasteiger partial charge in [-0.15, -0.1) is 34.0 Å². The van der Waals surface area contributed by atoms with E-state index in [9.17, 15) is 0 Å². The summed E-state index contributed by atoms with van der Waals surface area (Å²) in [5.74, 6) is 1.81. The Bertz CT molecular complexity index is 9760. The predicted molar refractivity (Wildman–Crippen MR) is 589 cm³/mol. The van der Waals surface area contributed by atoms with E-state index < -0.39 is 16.2 Å². The molecule has 21 aromatic carbocycles. The van der Waals surface area contributed by atoms with Crippen LogP contribution in [0.1, 0.15) is 91.7 Å². The van der Waals surface area contributed by atoms with E-state index in [1.54, 1.807) is 0 Å². The molecule has 3 unspecified atom stereocenters. The topological polar surface area (TPSA) is 24.0 Å². The zero-order valence-corrected chi connectivity index (χ0v) is 79.5. The summed E-state index contributed by atoms with van der Waals surface area (Å²) in [5.41, 5.74) is 35.8. The van der Waals surface area contributed by atoms with Gasteiger partial charge >= 0.3 is 0 Å². The molecule has 3 spiro atoms. The Kier molecular flexibility index (Phi) is 16.5. The lowest BCUT2D eigenvalue weighted by Gasteiger charge is -2.50. The van der Waals surface area contributed by atoms with Crippen molar-refractivity contribution in [2.24, 2.45) is 0 Å². The first-order chi connectivity index (χ1) is 69.2. The molecule has 0 N–H and O–H groups in total. The van der Waals surface area contributed by atoms with Gasteiger partial charge in [0.15, 0.2) is 0 Å². The van der Waals surface area contributed by atoms with E-state index in [2.05, 4.69) is 483 Å². The Hall–Kier alpha value is -16.2. The van der Waals surface area contributed by atoms with Crippen molar-refractivity contribution in [3.05, 3.63) is 533 Å². The third-order valence-electron chi connectivity index (χ3n) is 32.0. The van der Waals surface area contributed by atoms with Gasteiger partial charge in [0.2, 0.25) is 0 Å². The highest BCUT2D eigenvalue weighted by Crippen LogP contribution is 2.66. The monoisotopic (exact) mass is 1850 g/mol. The maximum Gasteiger partial charge on any atom is 0.132 e. The van der Waals surface area contributed by atoms with Crippen molar-refractivity contribution >= 4 is 172 Å². The number of rotatable bonds is 3. The van der Waals surface area contributed by atoms with Crippen LogP contribution in [0.4, 0.5) is 0 Å². The summed E-state index contributed by atoms with van der Waals surface area (Å²) in [4.78, 5) is 2.64. The molecule has 1 aliphatic carbocycles. The van der Waals surface area contributed by atoms with Gasteiger partial charge in [0.25, 0.3) is 0 Å². The highest BCUT2D eigenvalue weighted by molar-refractivity contribution is 7.99. The minimum atomic E-state index is -0.545. The molecule has 0 bridgehead atoms. The van der Waals surface area contributed by atoms with Gasteiger partial charge in [-0.05, 0) is 221 Å². The summed E-state index contributed by atoms with van der Waals surface area (Å²) in [6, 6.07) is 170. The van der Waals surface area contributed by atoms with Gasteiger partial charge in [-0.2, -0.15) is 0 Å². The Morgan fingerprint density at radius 2 is 0.486 bits per heavy atom. The SMILES string of the molecule is CC1(C)c2ccccc2C2(c3ccccc3-n3c4ccccc4c4cccc2c43)c2ccc(-c3ccc4sc5ccccc5c4c3)cc21.c1ccc2c(c1)Oc1cc(-c3ccc4sc5ccccc5c4c3)ccc1C21c2ccccc2-n2c3ccccc3c3cccc1c32.c1ccc2c(c1)Sc1cc(-c3ccc4sc5ccccc5c4c3)ccc1C21c2ccccc2-n2c3ccccc3c3cccc1c32. The first kappa shape index (κ1) is 79.0. The van der Waals surface area contributed by atoms with E-state index in [0.717, 1.165) is 17.1 Å². The fourth-order valence-electron chi connectivity index (χ4n) is 26.2. The molecule has 5 aliphatic heterocycles. The van der Waals surface area contributed by atoms with Crippen LogP contribution >= 0.6 is 45.8 Å². The van der Waals surface area contributed by atoms with E-state index in [4.69, 9.17) is 4.74 Å². The van der Waals surface area contributed by atoms with E-state index in [-0.39, 0.29) is 5.41 Å². The normalized spacial score (nSPS) is 16.5. The number of aromatic nitrogens is 3. The van der Waals surface area contributed by atoms with Crippen LogP contribution in [-0.2, 0) is 21.7 Å². The fraction of sp³-hybridized carbons (Fsp3) is 0.0455. The minimum Gasteiger partial charge on any atom is -0.457 e. The van der Waals surface area contributed by atoms with Crippen LogP contribution < -0.4 is 4.74 Å². The first-order valence-corrected chi connectivity index (χ1v) is 51.7. The minimum absolute atomic E-state index is 0.195. The molecule has 140 heavy (non-hydrogen) atoms. The number of hydrogen-bond donors (Lipinski definition) is 0. The molecule has 0 radical (unpaired) electrons. The van der Waals surface area contributed by atoms with Crippen molar-refractivity contribution in [1.29, 1.82) is 0 Å². The number of nitrogens with zero attached hydrogens (tertiary/aromatic N) is 3. The molecule has 27 aromatic rings. The predicted octanol–water partition coefficient (Wildman–Crippen LogP) is 35.8. The third-order valence-corrected chi connectivity index (χ3v) is 36.6. The molecule has 33 rings (SSSR count). The summed E-state index contributed by atoms with van der Waals surface area (Å²) >= 11 is 7.52. The number of benzene rings is 21. The van der Waals surface area contributed by atoms with Crippen LogP contribution in [0, 0.1) is 0 Å². The van der Waals surface area contributed by atoms with Crippen LogP contribution in [0.5, 0.6) is 11.5 Å². The highest BCUT2D eigenvalue weighted by atomic mass is 32.2. The second kappa shape index (κ2) is 29.2. The molecule has 0 saturated carbocycles. The van der Waals surface area contributed by atoms with Gasteiger partial charge < -0.3 is 18.4 Å². The Labute approximate surface area is 823 Å². The van der Waals surface area contributed by atoms with Crippen molar-refractivity contribution in [1.82, 2.24) is 13.7 Å². The molecule has 0 amide bonds. The Morgan fingerprint density at radius 3 is 0.964 bits per heavy atom. The summed E-state index contributed by atoms with van der Waals surface area (Å²) in [5, 5.41) is 15.8. The molecule has 0 fully saturated rings. The molecule has 654 valence electrons. The molecule has 6 aliphatic rings. The largest absolute Gasteiger partial charge is 0.457 e. The molecule has 4 nitrogen and oxygen atoms in total. The van der Waals surface area contributed by atoms with Gasteiger partial charge in [-0.25, -0.2) is 0 Å². The summed E-state index contributed by atoms with van der Waals surface area (Å²) < 4.78 is 22.4. The van der Waals surface area contributed by atoms with E-state index in [0.29, 0.717) is 0 Å². The van der Waals surface area contributed by atoms with Gasteiger partial charge in [0.05, 0.1) is 66.4 Å². The van der Waals surface area contributed by atoms with Crippen molar-refractivity contribution in [3.63, 3.8) is 0 Å². The van der Waals surface area contributed by atoms with Gasteiger partial charge in [-0.1, -0.05) is 359 Å². The Morgan fingerprint density at radius 1 is 0.186 bits per heavy atom. The molecule has 6 aromatic heterocycles. The van der Waals surface area contributed by atoms with Gasteiger partial charge in [-0.3, -0.25) is 0 Å². The highest BCUT2D eigenvalue weighted by Gasteiger charge is 2.55. The van der Waals surface area contributed by atoms with Crippen molar-refractivity contribution in [2.75, 3.05) is 0 Å². The van der Waals surface area contributed by atoms with Crippen LogP contribution in [0.25, 0.3) is 176 Å². The smallest absolute Gasteiger partial charge is 0.132 e. The average molecular weight is 1850 g/mol. The fourth-order valence-corrected chi connectivity index (χ4v) is 30.7. The third kappa shape index (κ3) is 10.5. The molecular formula is C132H81N3OS4. The van der Waals surface area contributed by atoms with Gasteiger partial charge in [0.1, 0.15) is 11.5 Å². The zero-order chi connectivity index (χ0) is 91.7. The Balaban J connectivity index is 0.0000000968. The van der Waals surface area contributed by atoms with E-state index in [1.807, 2.05) is 45.8 Å². The molecule has 3 atom stereocenters. The summed E-state index contributed by atoms with van der Waals surface area (Å²) in [7, 11) is 0. The maximum absolute atomic E-state index is 6.86. The number of ether oxygens (including phenoxy) is 1. The van der Waals surface area contributed by atoms with E-state index >= 15 is 0 Å². The van der Waals surface area contributed by atoms with Crippen molar-refractivity contribution < 1.29 is 4.74 Å². The van der Waals surface area contributed by atoms with Crippen LogP contribution in [0.2, 0.25) is 0 Å². The standard InChI is InChI=1S/C46H31NS.C43H25NOS.C43H25NS2/c1-45(2)34-15-5-6-16-35(34)46(36-24-22-29(27-39(36)45)28-23-25-43-33(26-28)31-13-4-10-21-42(31)48-43)37-17-7-9-20-41(37)47-40-19-8-3-12-30(40)32-14-11-18-38(46)44(32)47;1-5-16-36-28(10-1)30-12-9-15-35-42(30)44(36)37-17-6-3-13-32(37)43(35)33-14-4-7-18-38(33)45-39-25-27(20-22-34(39)43)26-21-23-41-31(24-26)29-11-2-8-19-40(29)46-41;1-5-16-36-28(10-1)30-12-9-15-35-42(30)44(36)37-17-6-3-13-32(37)43(35)33-14-4-8-19-40(33)46-41-25-27(20-22-34(41)43)26-21-23-39-31(24-26)29-11-2-7-18-38(29)45-39/h3-27H,1-2H3;2*1-25H. The molecule has 8 heteroatoms. The molecule has 0 saturated heterocycles. The number of thiophene rings is 3. The lowest BCUT2D eigenvalue weighted by Crippen LogP contribution is -2.44. The van der Waals surface area contributed by atoms with Crippen LogP contribution in [-0.4, -0.2) is 13.7 Å². The van der Waals surface area contributed by atoms with Crippen molar-refractivity contribution in [3.8, 4) is 61.9 Å². The first-order valence-electron chi connectivity index (χ1n) is 48.4. The van der Waals surface area contributed by atoms with Crippen molar-refractivity contribution in [2.45, 2.75) is 45.3 Å². The number of para-hydroxylation sites is 10. The van der Waals surface area contributed by atoms with E-state index in [1.165, 1.54) is 258 Å². The molecule has 11 heterocycles. The number of hydrogen-bond acceptors (Lipinski definition) is 5. The lowest BCUT2D eigenvalue weighted by atomic mass is 9.53. The second-order valence-electron chi connectivity index (χ2n) is 38.9. The summed E-state index contributed by atoms with van der Waals surface area (Å²) in [6.45, 7) is 4.84. The maximum atomic E-state index is 6.86. The van der Waals surface area contributed by atoms with Crippen LogP contribution in [0.3, 0.4) is 0 Å². The van der Waals surface area contributed by atoms with Gasteiger partial charge in [0, 0.05) is 119 Å². The lowest BCUT2D eigenvalue weighted by molar-refractivity contribution is 0.434. The zero-order valence-electron chi connectivity index (χ0n) is 76.2. The quantitative estimate of drug-likeness (QED) is 0.176. The molecular weight excluding hydrogens is 1770 g/mol. The van der Waals surface area contributed by atoms with Crippen LogP contribution in [0.15, 0.2) is 465 Å². The summed E-state index contributed by atoms with van der Waals surface area (Å²) in [6.07, 6.45) is 0. The second-order valence-corrected chi connectivity index (χ2v) is 43.3.